The molecule has 0 spiro atoms. The van der Waals surface area contributed by atoms with Gasteiger partial charge in [-0.05, 0) is 36.6 Å². The Morgan fingerprint density at radius 1 is 1.15 bits per heavy atom. The molecule has 0 bridgehead atoms. The third-order valence-corrected chi connectivity index (χ3v) is 4.48. The van der Waals surface area contributed by atoms with Crippen LogP contribution in [0.3, 0.4) is 0 Å². The monoisotopic (exact) mass is 286 g/mol. The van der Waals surface area contributed by atoms with Crippen molar-refractivity contribution in [3.05, 3.63) is 65.2 Å². The highest BCUT2D eigenvalue weighted by Gasteiger charge is 2.10. The van der Waals surface area contributed by atoms with Crippen molar-refractivity contribution in [2.45, 2.75) is 31.2 Å². The Balaban J connectivity index is 2.01. The summed E-state index contributed by atoms with van der Waals surface area (Å²) in [5, 5.41) is 0. The Hall–Kier alpha value is -1.29. The van der Waals surface area contributed by atoms with Gasteiger partial charge >= 0.3 is 0 Å². The molecule has 3 heteroatoms. The second-order valence-electron chi connectivity index (χ2n) is 4.94. The van der Waals surface area contributed by atoms with Gasteiger partial charge in [0.15, 0.2) is 0 Å². The van der Waals surface area contributed by atoms with E-state index in [1.54, 1.807) is 0 Å². The average Bonchev–Trinajstić information content (AvgIpc) is 2.48. The maximum atomic E-state index is 5.71. The molecule has 0 heterocycles. The van der Waals surface area contributed by atoms with Crippen molar-refractivity contribution in [3.8, 4) is 0 Å². The summed E-state index contributed by atoms with van der Waals surface area (Å²) in [5.41, 5.74) is 6.81. The van der Waals surface area contributed by atoms with Crippen LogP contribution in [0, 0.1) is 6.92 Å². The van der Waals surface area contributed by atoms with Crippen LogP contribution in [0.15, 0.2) is 53.4 Å². The van der Waals surface area contributed by atoms with Gasteiger partial charge in [-0.1, -0.05) is 48.9 Å². The predicted octanol–water partition coefficient (Wildman–Crippen LogP) is 3.85. The van der Waals surface area contributed by atoms with Gasteiger partial charge in [-0.2, -0.15) is 0 Å². The number of benzene rings is 2. The molecule has 0 aromatic heterocycles. The fourth-order valence-electron chi connectivity index (χ4n) is 2.11. The zero-order chi connectivity index (χ0) is 14.4. The minimum atomic E-state index is 0.173. The number of hydrogen-bond acceptors (Lipinski definition) is 3. The van der Waals surface area contributed by atoms with Crippen molar-refractivity contribution in [1.29, 1.82) is 0 Å². The van der Waals surface area contributed by atoms with E-state index in [0.717, 1.165) is 12.2 Å². The molecule has 2 rings (SSSR count). The second-order valence-corrected chi connectivity index (χ2v) is 6.04. The van der Waals surface area contributed by atoms with Crippen LogP contribution in [0.2, 0.25) is 0 Å². The van der Waals surface area contributed by atoms with Crippen LogP contribution in [0.25, 0.3) is 0 Å². The van der Waals surface area contributed by atoms with Crippen molar-refractivity contribution in [2.24, 2.45) is 5.84 Å². The lowest BCUT2D eigenvalue weighted by molar-refractivity contribution is 0.610. The van der Waals surface area contributed by atoms with E-state index < -0.39 is 0 Å². The molecule has 2 aromatic carbocycles. The Morgan fingerprint density at radius 3 is 2.50 bits per heavy atom. The van der Waals surface area contributed by atoms with Crippen molar-refractivity contribution in [3.63, 3.8) is 0 Å². The molecule has 0 saturated heterocycles. The summed E-state index contributed by atoms with van der Waals surface area (Å²) in [5.74, 6) is 6.63. The Kier molecular flexibility index (Phi) is 5.65. The van der Waals surface area contributed by atoms with Gasteiger partial charge in [-0.25, -0.2) is 0 Å². The first-order valence-electron chi connectivity index (χ1n) is 6.97. The quantitative estimate of drug-likeness (QED) is 0.481. The number of aryl methyl sites for hydroxylation is 2. The van der Waals surface area contributed by atoms with Gasteiger partial charge in [0, 0.05) is 10.6 Å². The molecule has 20 heavy (non-hydrogen) atoms. The van der Waals surface area contributed by atoms with Gasteiger partial charge in [0.05, 0.1) is 6.04 Å². The van der Waals surface area contributed by atoms with E-state index in [9.17, 15) is 0 Å². The Morgan fingerprint density at radius 2 is 1.90 bits per heavy atom. The standard InChI is InChI=1S/C17H22N2S/c1-3-14-7-9-15(10-8-14)17(19-18)12-20-16-6-4-5-13(2)11-16/h4-11,17,19H,3,12,18H2,1-2H3. The number of nitrogens with one attached hydrogen (secondary N) is 1. The minimum absolute atomic E-state index is 0.173. The molecule has 0 radical (unpaired) electrons. The summed E-state index contributed by atoms with van der Waals surface area (Å²) >= 11 is 1.83. The molecule has 1 atom stereocenters. The molecule has 0 fully saturated rings. The van der Waals surface area contributed by atoms with Crippen molar-refractivity contribution in [2.75, 3.05) is 5.75 Å². The SMILES string of the molecule is CCc1ccc(C(CSc2cccc(C)c2)NN)cc1. The van der Waals surface area contributed by atoms with Gasteiger partial charge in [0.1, 0.15) is 0 Å². The van der Waals surface area contributed by atoms with Gasteiger partial charge in [0.2, 0.25) is 0 Å². The molecule has 3 N–H and O–H groups in total. The first-order chi connectivity index (χ1) is 9.72. The number of thioether (sulfide) groups is 1. The molecule has 0 aliphatic rings. The lowest BCUT2D eigenvalue weighted by atomic mass is 10.1. The summed E-state index contributed by atoms with van der Waals surface area (Å²) in [7, 11) is 0. The molecule has 0 amide bonds. The van der Waals surface area contributed by atoms with Gasteiger partial charge < -0.3 is 0 Å². The number of rotatable bonds is 6. The van der Waals surface area contributed by atoms with Crippen molar-refractivity contribution < 1.29 is 0 Å². The maximum absolute atomic E-state index is 5.71. The fourth-order valence-corrected chi connectivity index (χ4v) is 3.20. The van der Waals surface area contributed by atoms with Crippen LogP contribution in [0.4, 0.5) is 0 Å². The highest BCUT2D eigenvalue weighted by molar-refractivity contribution is 7.99. The third kappa shape index (κ3) is 4.10. The maximum Gasteiger partial charge on any atom is 0.0553 e. The van der Waals surface area contributed by atoms with E-state index in [2.05, 4.69) is 67.8 Å². The van der Waals surface area contributed by atoms with Gasteiger partial charge in [-0.15, -0.1) is 11.8 Å². The van der Waals surface area contributed by atoms with Crippen LogP contribution in [-0.2, 0) is 6.42 Å². The molecule has 2 nitrogen and oxygen atoms in total. The van der Waals surface area contributed by atoms with Crippen LogP contribution < -0.4 is 11.3 Å². The number of hydrogen-bond donors (Lipinski definition) is 2. The van der Waals surface area contributed by atoms with Crippen LogP contribution in [0.1, 0.15) is 29.7 Å². The summed E-state index contributed by atoms with van der Waals surface area (Å²) in [6.07, 6.45) is 1.07. The van der Waals surface area contributed by atoms with Gasteiger partial charge in [-0.3, -0.25) is 11.3 Å². The zero-order valence-corrected chi connectivity index (χ0v) is 12.9. The van der Waals surface area contributed by atoms with Crippen LogP contribution in [-0.4, -0.2) is 5.75 Å². The molecule has 0 aliphatic heterocycles. The highest BCUT2D eigenvalue weighted by atomic mass is 32.2. The second kappa shape index (κ2) is 7.48. The Labute approximate surface area is 125 Å². The molecule has 0 aliphatic carbocycles. The lowest BCUT2D eigenvalue weighted by Gasteiger charge is -2.16. The van der Waals surface area contributed by atoms with E-state index in [1.165, 1.54) is 21.6 Å². The fraction of sp³-hybridized carbons (Fsp3) is 0.294. The average molecular weight is 286 g/mol. The van der Waals surface area contributed by atoms with Gasteiger partial charge in [0.25, 0.3) is 0 Å². The molecule has 106 valence electrons. The summed E-state index contributed by atoms with van der Waals surface area (Å²) in [6.45, 7) is 4.29. The van der Waals surface area contributed by atoms with Crippen LogP contribution >= 0.6 is 11.8 Å². The van der Waals surface area contributed by atoms with E-state index in [-0.39, 0.29) is 6.04 Å². The largest absolute Gasteiger partial charge is 0.271 e. The van der Waals surface area contributed by atoms with E-state index in [1.807, 2.05) is 11.8 Å². The number of nitrogens with two attached hydrogens (primary N) is 1. The smallest absolute Gasteiger partial charge is 0.0553 e. The third-order valence-electron chi connectivity index (χ3n) is 3.40. The molecular formula is C17H22N2S. The first-order valence-corrected chi connectivity index (χ1v) is 7.96. The summed E-state index contributed by atoms with van der Waals surface area (Å²) in [4.78, 5) is 1.29. The molecule has 2 aromatic rings. The van der Waals surface area contributed by atoms with E-state index >= 15 is 0 Å². The van der Waals surface area contributed by atoms with E-state index in [4.69, 9.17) is 5.84 Å². The molecule has 0 saturated carbocycles. The summed E-state index contributed by atoms with van der Waals surface area (Å²) < 4.78 is 0. The number of hydrazine groups is 1. The zero-order valence-electron chi connectivity index (χ0n) is 12.1. The topological polar surface area (TPSA) is 38.0 Å². The predicted molar refractivity (Wildman–Crippen MR) is 87.8 cm³/mol. The van der Waals surface area contributed by atoms with E-state index in [0.29, 0.717) is 0 Å². The van der Waals surface area contributed by atoms with Crippen molar-refractivity contribution >= 4 is 11.8 Å². The lowest BCUT2D eigenvalue weighted by Crippen LogP contribution is -2.29. The highest BCUT2D eigenvalue weighted by Crippen LogP contribution is 2.25. The molecular weight excluding hydrogens is 264 g/mol. The van der Waals surface area contributed by atoms with Crippen LogP contribution in [0.5, 0.6) is 0 Å². The Bertz CT molecular complexity index is 537. The minimum Gasteiger partial charge on any atom is -0.271 e. The van der Waals surface area contributed by atoms with Crippen molar-refractivity contribution in [1.82, 2.24) is 5.43 Å². The first kappa shape index (κ1) is 15.1. The normalized spacial score (nSPS) is 12.3. The summed E-state index contributed by atoms with van der Waals surface area (Å²) in [6, 6.07) is 17.4. The molecule has 1 unspecified atom stereocenters.